The van der Waals surface area contributed by atoms with E-state index in [1.54, 1.807) is 0 Å². The molecule has 19 heavy (non-hydrogen) atoms. The SMILES string of the molecule is NC(=O)C1CCN(C(=O)c2cccc(F)c2F)CC1. The minimum atomic E-state index is -1.13. The first-order valence-corrected chi connectivity index (χ1v) is 6.03. The molecule has 1 saturated heterocycles. The molecule has 0 saturated carbocycles. The number of piperidine rings is 1. The zero-order chi connectivity index (χ0) is 14.0. The van der Waals surface area contributed by atoms with Crippen LogP contribution < -0.4 is 5.73 Å². The summed E-state index contributed by atoms with van der Waals surface area (Å²) in [5.41, 5.74) is 4.91. The van der Waals surface area contributed by atoms with E-state index in [1.807, 2.05) is 0 Å². The molecule has 1 fully saturated rings. The average Bonchev–Trinajstić information content (AvgIpc) is 2.41. The Bertz CT molecular complexity index is 511. The molecule has 1 aliphatic heterocycles. The van der Waals surface area contributed by atoms with E-state index in [-0.39, 0.29) is 17.4 Å². The first kappa shape index (κ1) is 13.5. The van der Waals surface area contributed by atoms with Gasteiger partial charge in [0.05, 0.1) is 5.56 Å². The molecule has 0 atom stereocenters. The summed E-state index contributed by atoms with van der Waals surface area (Å²) in [7, 11) is 0. The average molecular weight is 268 g/mol. The van der Waals surface area contributed by atoms with Crippen molar-refractivity contribution in [2.75, 3.05) is 13.1 Å². The number of hydrogen-bond acceptors (Lipinski definition) is 2. The number of carbonyl (C=O) groups excluding carboxylic acids is 2. The van der Waals surface area contributed by atoms with Gasteiger partial charge in [0, 0.05) is 19.0 Å². The summed E-state index contributed by atoms with van der Waals surface area (Å²) in [6.07, 6.45) is 0.913. The second-order valence-corrected chi connectivity index (χ2v) is 4.57. The monoisotopic (exact) mass is 268 g/mol. The Morgan fingerprint density at radius 2 is 1.84 bits per heavy atom. The fraction of sp³-hybridized carbons (Fsp3) is 0.385. The minimum absolute atomic E-state index is 0.249. The molecule has 1 heterocycles. The third kappa shape index (κ3) is 2.72. The van der Waals surface area contributed by atoms with E-state index in [0.717, 1.165) is 6.07 Å². The van der Waals surface area contributed by atoms with Gasteiger partial charge in [0.1, 0.15) is 0 Å². The van der Waals surface area contributed by atoms with E-state index in [4.69, 9.17) is 5.73 Å². The van der Waals surface area contributed by atoms with Crippen molar-refractivity contribution >= 4 is 11.8 Å². The summed E-state index contributed by atoms with van der Waals surface area (Å²) in [6.45, 7) is 0.644. The molecule has 2 rings (SSSR count). The molecule has 0 spiro atoms. The second-order valence-electron chi connectivity index (χ2n) is 4.57. The lowest BCUT2D eigenvalue weighted by atomic mass is 9.96. The summed E-state index contributed by atoms with van der Waals surface area (Å²) in [4.78, 5) is 24.5. The van der Waals surface area contributed by atoms with Crippen molar-refractivity contribution in [2.45, 2.75) is 12.8 Å². The molecule has 1 aromatic rings. The third-order valence-electron chi connectivity index (χ3n) is 3.37. The number of likely N-dealkylation sites (tertiary alicyclic amines) is 1. The van der Waals surface area contributed by atoms with Crippen LogP contribution in [0, 0.1) is 17.6 Å². The zero-order valence-corrected chi connectivity index (χ0v) is 10.2. The van der Waals surface area contributed by atoms with Crippen LogP contribution in [0.5, 0.6) is 0 Å². The van der Waals surface area contributed by atoms with Crippen LogP contribution in [0.15, 0.2) is 18.2 Å². The summed E-state index contributed by atoms with van der Waals surface area (Å²) >= 11 is 0. The van der Waals surface area contributed by atoms with E-state index >= 15 is 0 Å². The van der Waals surface area contributed by atoms with Crippen molar-refractivity contribution in [3.05, 3.63) is 35.4 Å². The highest BCUT2D eigenvalue weighted by molar-refractivity contribution is 5.94. The van der Waals surface area contributed by atoms with Crippen LogP contribution in [0.1, 0.15) is 23.2 Å². The van der Waals surface area contributed by atoms with Gasteiger partial charge in [-0.15, -0.1) is 0 Å². The van der Waals surface area contributed by atoms with Gasteiger partial charge in [0.25, 0.3) is 5.91 Å². The Labute approximate surface area is 109 Å². The second kappa shape index (κ2) is 5.34. The van der Waals surface area contributed by atoms with E-state index in [0.29, 0.717) is 25.9 Å². The molecule has 0 aromatic heterocycles. The molecule has 6 heteroatoms. The summed E-state index contributed by atoms with van der Waals surface area (Å²) in [6, 6.07) is 3.51. The summed E-state index contributed by atoms with van der Waals surface area (Å²) in [5.74, 6) is -3.37. The number of carbonyl (C=O) groups is 2. The molecule has 0 bridgehead atoms. The van der Waals surface area contributed by atoms with Gasteiger partial charge in [-0.05, 0) is 25.0 Å². The highest BCUT2D eigenvalue weighted by Crippen LogP contribution is 2.20. The zero-order valence-electron chi connectivity index (χ0n) is 10.2. The standard InChI is InChI=1S/C13H14F2N2O2/c14-10-3-1-2-9(11(10)15)13(19)17-6-4-8(5-7-17)12(16)18/h1-3,8H,4-7H2,(H2,16,18). The Kier molecular flexibility index (Phi) is 3.78. The van der Waals surface area contributed by atoms with Crippen molar-refractivity contribution in [3.63, 3.8) is 0 Å². The van der Waals surface area contributed by atoms with Crippen molar-refractivity contribution in [1.29, 1.82) is 0 Å². The van der Waals surface area contributed by atoms with Gasteiger partial charge in [-0.3, -0.25) is 9.59 Å². The lowest BCUT2D eigenvalue weighted by molar-refractivity contribution is -0.123. The molecule has 2 amide bonds. The highest BCUT2D eigenvalue weighted by atomic mass is 19.2. The van der Waals surface area contributed by atoms with Crippen molar-refractivity contribution in [1.82, 2.24) is 4.90 Å². The molecule has 0 unspecified atom stereocenters. The van der Waals surface area contributed by atoms with Crippen LogP contribution in [0.4, 0.5) is 8.78 Å². The van der Waals surface area contributed by atoms with Crippen LogP contribution in [0.2, 0.25) is 0 Å². The van der Waals surface area contributed by atoms with Gasteiger partial charge in [-0.25, -0.2) is 8.78 Å². The van der Waals surface area contributed by atoms with E-state index in [2.05, 4.69) is 0 Å². The van der Waals surface area contributed by atoms with Gasteiger partial charge in [-0.1, -0.05) is 6.07 Å². The fourth-order valence-electron chi connectivity index (χ4n) is 2.21. The molecule has 0 aliphatic carbocycles. The molecular weight excluding hydrogens is 254 g/mol. The summed E-state index contributed by atoms with van der Waals surface area (Å²) in [5, 5.41) is 0. The molecule has 2 N–H and O–H groups in total. The van der Waals surface area contributed by atoms with Crippen LogP contribution in [0.25, 0.3) is 0 Å². The summed E-state index contributed by atoms with van der Waals surface area (Å²) < 4.78 is 26.6. The number of hydrogen-bond donors (Lipinski definition) is 1. The Hall–Kier alpha value is -1.98. The van der Waals surface area contributed by atoms with Crippen molar-refractivity contribution in [3.8, 4) is 0 Å². The van der Waals surface area contributed by atoms with Crippen LogP contribution in [0.3, 0.4) is 0 Å². The molecule has 102 valence electrons. The fourth-order valence-corrected chi connectivity index (χ4v) is 2.21. The predicted molar refractivity (Wildman–Crippen MR) is 64.2 cm³/mol. The van der Waals surface area contributed by atoms with E-state index < -0.39 is 17.5 Å². The first-order valence-electron chi connectivity index (χ1n) is 6.03. The Morgan fingerprint density at radius 3 is 2.42 bits per heavy atom. The van der Waals surface area contributed by atoms with Crippen molar-refractivity contribution in [2.24, 2.45) is 11.7 Å². The number of benzene rings is 1. The molecule has 0 radical (unpaired) electrons. The number of nitrogens with zero attached hydrogens (tertiary/aromatic N) is 1. The van der Waals surface area contributed by atoms with Gasteiger partial charge in [0.15, 0.2) is 11.6 Å². The van der Waals surface area contributed by atoms with Gasteiger partial charge >= 0.3 is 0 Å². The topological polar surface area (TPSA) is 63.4 Å². The number of primary amides is 1. The third-order valence-corrected chi connectivity index (χ3v) is 3.37. The lowest BCUT2D eigenvalue weighted by Gasteiger charge is -2.30. The number of halogens is 2. The van der Waals surface area contributed by atoms with Gasteiger partial charge < -0.3 is 10.6 Å². The van der Waals surface area contributed by atoms with Crippen LogP contribution >= 0.6 is 0 Å². The Morgan fingerprint density at radius 1 is 1.21 bits per heavy atom. The maximum absolute atomic E-state index is 13.5. The van der Waals surface area contributed by atoms with Crippen LogP contribution in [-0.2, 0) is 4.79 Å². The normalized spacial score (nSPS) is 16.4. The minimum Gasteiger partial charge on any atom is -0.369 e. The maximum Gasteiger partial charge on any atom is 0.256 e. The number of nitrogens with two attached hydrogens (primary N) is 1. The first-order chi connectivity index (χ1) is 9.00. The quantitative estimate of drug-likeness (QED) is 0.878. The number of rotatable bonds is 2. The largest absolute Gasteiger partial charge is 0.369 e. The van der Waals surface area contributed by atoms with Gasteiger partial charge in [-0.2, -0.15) is 0 Å². The maximum atomic E-state index is 13.5. The highest BCUT2D eigenvalue weighted by Gasteiger charge is 2.28. The predicted octanol–water partition coefficient (Wildman–Crippen LogP) is 1.30. The number of amides is 2. The van der Waals surface area contributed by atoms with E-state index in [9.17, 15) is 18.4 Å². The Balaban J connectivity index is 2.09. The molecule has 1 aromatic carbocycles. The smallest absolute Gasteiger partial charge is 0.256 e. The lowest BCUT2D eigenvalue weighted by Crippen LogP contribution is -2.42. The molecular formula is C13H14F2N2O2. The van der Waals surface area contributed by atoms with Crippen LogP contribution in [-0.4, -0.2) is 29.8 Å². The molecule has 4 nitrogen and oxygen atoms in total. The van der Waals surface area contributed by atoms with Crippen molar-refractivity contribution < 1.29 is 18.4 Å². The molecule has 1 aliphatic rings. The van der Waals surface area contributed by atoms with E-state index in [1.165, 1.54) is 17.0 Å². The van der Waals surface area contributed by atoms with Gasteiger partial charge in [0.2, 0.25) is 5.91 Å².